The lowest BCUT2D eigenvalue weighted by atomic mass is 9.80. The van der Waals surface area contributed by atoms with Crippen LogP contribution in [0.15, 0.2) is 54.6 Å². The van der Waals surface area contributed by atoms with E-state index in [1.165, 1.54) is 24.0 Å². The smallest absolute Gasteiger partial charge is 0.115 e. The Morgan fingerprint density at radius 3 is 2.26 bits per heavy atom. The number of benzene rings is 2. The number of phenolic OH excluding ortho intramolecular Hbond substituents is 1. The molecule has 3 nitrogen and oxygen atoms in total. The van der Waals surface area contributed by atoms with Gasteiger partial charge in [0.05, 0.1) is 0 Å². The lowest BCUT2D eigenvalue weighted by Crippen LogP contribution is -2.36. The zero-order valence-electron chi connectivity index (χ0n) is 13.6. The molecule has 3 heteroatoms. The summed E-state index contributed by atoms with van der Waals surface area (Å²) in [6.07, 6.45) is 2.38. The Morgan fingerprint density at radius 1 is 1.00 bits per heavy atom. The van der Waals surface area contributed by atoms with Crippen LogP contribution in [-0.2, 0) is 6.54 Å². The molecule has 1 fully saturated rings. The van der Waals surface area contributed by atoms with E-state index in [9.17, 15) is 5.11 Å². The van der Waals surface area contributed by atoms with Crippen molar-refractivity contribution < 1.29 is 5.11 Å². The molecule has 2 aromatic rings. The molecule has 122 valence electrons. The molecule has 1 unspecified atom stereocenters. The Balaban J connectivity index is 1.58. The van der Waals surface area contributed by atoms with Crippen LogP contribution < -0.4 is 5.73 Å². The zero-order valence-corrected chi connectivity index (χ0v) is 13.6. The highest BCUT2D eigenvalue weighted by molar-refractivity contribution is 5.29. The summed E-state index contributed by atoms with van der Waals surface area (Å²) in [7, 11) is 0. The van der Waals surface area contributed by atoms with Gasteiger partial charge in [-0.25, -0.2) is 0 Å². The summed E-state index contributed by atoms with van der Waals surface area (Å²) >= 11 is 0. The molecular formula is C20H26N2O. The second-order valence-electron chi connectivity index (χ2n) is 6.53. The molecule has 1 aliphatic rings. The Labute approximate surface area is 138 Å². The van der Waals surface area contributed by atoms with Gasteiger partial charge in [0.15, 0.2) is 0 Å². The third kappa shape index (κ3) is 4.12. The zero-order chi connectivity index (χ0) is 16.1. The minimum atomic E-state index is 0.321. The summed E-state index contributed by atoms with van der Waals surface area (Å²) < 4.78 is 0. The third-order valence-electron chi connectivity index (χ3n) is 5.03. The predicted octanol–water partition coefficient (Wildman–Crippen LogP) is 3.35. The average molecular weight is 310 g/mol. The molecule has 0 bridgehead atoms. The van der Waals surface area contributed by atoms with Crippen LogP contribution in [-0.4, -0.2) is 29.6 Å². The highest BCUT2D eigenvalue weighted by Crippen LogP contribution is 2.33. The SMILES string of the molecule is NCC(c1ccc(O)cc1)C1CCN(Cc2ccccc2)CC1. The maximum Gasteiger partial charge on any atom is 0.115 e. The third-order valence-corrected chi connectivity index (χ3v) is 5.03. The molecule has 23 heavy (non-hydrogen) atoms. The van der Waals surface area contributed by atoms with E-state index in [1.807, 2.05) is 12.1 Å². The molecule has 2 aromatic carbocycles. The number of nitrogens with two attached hydrogens (primary N) is 1. The fraction of sp³-hybridized carbons (Fsp3) is 0.400. The topological polar surface area (TPSA) is 49.5 Å². The predicted molar refractivity (Wildman–Crippen MR) is 94.3 cm³/mol. The van der Waals surface area contributed by atoms with Gasteiger partial charge in [0.25, 0.3) is 0 Å². The highest BCUT2D eigenvalue weighted by atomic mass is 16.3. The molecule has 3 N–H and O–H groups in total. The van der Waals surface area contributed by atoms with Gasteiger partial charge in [-0.15, -0.1) is 0 Å². The summed E-state index contributed by atoms with van der Waals surface area (Å²) in [5.74, 6) is 1.35. The van der Waals surface area contributed by atoms with Crippen molar-refractivity contribution in [2.45, 2.75) is 25.3 Å². The lowest BCUT2D eigenvalue weighted by molar-refractivity contribution is 0.162. The van der Waals surface area contributed by atoms with Gasteiger partial charge in [-0.3, -0.25) is 4.90 Å². The second-order valence-corrected chi connectivity index (χ2v) is 6.53. The van der Waals surface area contributed by atoms with Crippen LogP contribution in [0.2, 0.25) is 0 Å². The first kappa shape index (κ1) is 16.0. The van der Waals surface area contributed by atoms with E-state index < -0.39 is 0 Å². The number of nitrogens with zero attached hydrogens (tertiary/aromatic N) is 1. The van der Waals surface area contributed by atoms with Crippen LogP contribution in [0.4, 0.5) is 0 Å². The Morgan fingerprint density at radius 2 is 1.65 bits per heavy atom. The van der Waals surface area contributed by atoms with Crippen molar-refractivity contribution in [2.24, 2.45) is 11.7 Å². The van der Waals surface area contributed by atoms with Gasteiger partial charge in [-0.2, -0.15) is 0 Å². The standard InChI is InChI=1S/C20H26N2O/c21-14-20(17-6-8-19(23)9-7-17)18-10-12-22(13-11-18)15-16-4-2-1-3-5-16/h1-9,18,20,23H,10-15,21H2. The van der Waals surface area contributed by atoms with E-state index in [0.29, 0.717) is 24.1 Å². The maximum atomic E-state index is 9.46. The largest absolute Gasteiger partial charge is 0.508 e. The minimum absolute atomic E-state index is 0.321. The fourth-order valence-corrected chi connectivity index (χ4v) is 3.68. The van der Waals surface area contributed by atoms with Gasteiger partial charge in [0.2, 0.25) is 0 Å². The molecule has 3 rings (SSSR count). The normalized spacial score (nSPS) is 18.0. The summed E-state index contributed by atoms with van der Waals surface area (Å²) in [6, 6.07) is 18.3. The van der Waals surface area contributed by atoms with Crippen molar-refractivity contribution in [2.75, 3.05) is 19.6 Å². The van der Waals surface area contributed by atoms with Gasteiger partial charge < -0.3 is 10.8 Å². The number of hydrogen-bond donors (Lipinski definition) is 2. The molecule has 0 amide bonds. The van der Waals surface area contributed by atoms with Crippen molar-refractivity contribution in [3.05, 3.63) is 65.7 Å². The van der Waals surface area contributed by atoms with Crippen molar-refractivity contribution in [1.29, 1.82) is 0 Å². The number of piperidine rings is 1. The molecule has 0 aliphatic carbocycles. The van der Waals surface area contributed by atoms with E-state index in [0.717, 1.165) is 19.6 Å². The molecule has 1 atom stereocenters. The molecule has 0 saturated carbocycles. The number of hydrogen-bond acceptors (Lipinski definition) is 3. The first-order valence-corrected chi connectivity index (χ1v) is 8.51. The van der Waals surface area contributed by atoms with Gasteiger partial charge in [-0.1, -0.05) is 42.5 Å². The van der Waals surface area contributed by atoms with Crippen LogP contribution in [0, 0.1) is 5.92 Å². The highest BCUT2D eigenvalue weighted by Gasteiger charge is 2.26. The van der Waals surface area contributed by atoms with Crippen molar-refractivity contribution in [1.82, 2.24) is 4.90 Å². The van der Waals surface area contributed by atoms with E-state index >= 15 is 0 Å². The van der Waals surface area contributed by atoms with Crippen LogP contribution in [0.25, 0.3) is 0 Å². The van der Waals surface area contributed by atoms with E-state index in [4.69, 9.17) is 5.73 Å². The number of aromatic hydroxyl groups is 1. The van der Waals surface area contributed by atoms with Gasteiger partial charge >= 0.3 is 0 Å². The monoisotopic (exact) mass is 310 g/mol. The molecule has 1 heterocycles. The summed E-state index contributed by atoms with van der Waals surface area (Å²) in [5, 5.41) is 9.46. The second kappa shape index (κ2) is 7.62. The number of rotatable bonds is 5. The summed E-state index contributed by atoms with van der Waals surface area (Å²) in [5.41, 5.74) is 8.70. The fourth-order valence-electron chi connectivity index (χ4n) is 3.68. The van der Waals surface area contributed by atoms with Crippen LogP contribution >= 0.6 is 0 Å². The van der Waals surface area contributed by atoms with E-state index in [1.54, 1.807) is 12.1 Å². The van der Waals surface area contributed by atoms with E-state index in [-0.39, 0.29) is 0 Å². The summed E-state index contributed by atoms with van der Waals surface area (Å²) in [6.45, 7) is 3.98. The average Bonchev–Trinajstić information content (AvgIpc) is 2.60. The van der Waals surface area contributed by atoms with Gasteiger partial charge in [0.1, 0.15) is 5.75 Å². The lowest BCUT2D eigenvalue weighted by Gasteiger charge is -2.36. The van der Waals surface area contributed by atoms with Crippen molar-refractivity contribution in [3.8, 4) is 5.75 Å². The van der Waals surface area contributed by atoms with Crippen LogP contribution in [0.5, 0.6) is 5.75 Å². The quantitative estimate of drug-likeness (QED) is 0.890. The maximum absolute atomic E-state index is 9.46. The van der Waals surface area contributed by atoms with Crippen molar-refractivity contribution in [3.63, 3.8) is 0 Å². The first-order valence-electron chi connectivity index (χ1n) is 8.51. The van der Waals surface area contributed by atoms with Crippen LogP contribution in [0.1, 0.15) is 29.9 Å². The molecule has 0 radical (unpaired) electrons. The Bertz CT molecular complexity index is 589. The molecular weight excluding hydrogens is 284 g/mol. The minimum Gasteiger partial charge on any atom is -0.508 e. The van der Waals surface area contributed by atoms with Gasteiger partial charge in [0, 0.05) is 6.54 Å². The number of phenols is 1. The number of likely N-dealkylation sites (tertiary alicyclic amines) is 1. The molecule has 0 aromatic heterocycles. The molecule has 1 saturated heterocycles. The van der Waals surface area contributed by atoms with Crippen LogP contribution in [0.3, 0.4) is 0 Å². The molecule has 0 spiro atoms. The van der Waals surface area contributed by atoms with Crippen molar-refractivity contribution >= 4 is 0 Å². The Kier molecular flexibility index (Phi) is 5.31. The summed E-state index contributed by atoms with van der Waals surface area (Å²) in [4.78, 5) is 2.54. The van der Waals surface area contributed by atoms with E-state index in [2.05, 4.69) is 35.2 Å². The Hall–Kier alpha value is -1.84. The molecule has 1 aliphatic heterocycles. The van der Waals surface area contributed by atoms with Gasteiger partial charge in [-0.05, 0) is 67.6 Å². The first-order chi connectivity index (χ1) is 11.3.